The van der Waals surface area contributed by atoms with Crippen LogP contribution in [0.15, 0.2) is 30.3 Å². The largest absolute Gasteiger partial charge is 0.493 e. The van der Waals surface area contributed by atoms with Crippen LogP contribution in [0, 0.1) is 11.3 Å². The van der Waals surface area contributed by atoms with Gasteiger partial charge in [0.15, 0.2) is 11.5 Å². The zero-order chi connectivity index (χ0) is 30.3. The summed E-state index contributed by atoms with van der Waals surface area (Å²) in [5.41, 5.74) is 1.41. The van der Waals surface area contributed by atoms with Gasteiger partial charge in [0.2, 0.25) is 5.91 Å². The summed E-state index contributed by atoms with van der Waals surface area (Å²) < 4.78 is 24.2. The maximum absolute atomic E-state index is 14.5. The van der Waals surface area contributed by atoms with Crippen molar-refractivity contribution in [1.82, 2.24) is 4.90 Å². The van der Waals surface area contributed by atoms with E-state index in [-0.39, 0.29) is 36.3 Å². The molecule has 5 rings (SSSR count). The van der Waals surface area contributed by atoms with Gasteiger partial charge in [0.05, 0.1) is 38.3 Å². The Kier molecular flexibility index (Phi) is 8.31. The van der Waals surface area contributed by atoms with Crippen LogP contribution in [0.2, 0.25) is 5.02 Å². The minimum Gasteiger partial charge on any atom is -0.493 e. The summed E-state index contributed by atoms with van der Waals surface area (Å²) >= 11 is 6.59. The molecule has 0 unspecified atom stereocenters. The normalized spacial score (nSPS) is 22.6. The molecule has 0 spiro atoms. The first kappa shape index (κ1) is 30.0. The van der Waals surface area contributed by atoms with E-state index in [1.54, 1.807) is 35.1 Å². The number of carboxylic acid groups (broad SMARTS) is 1. The van der Waals surface area contributed by atoms with Crippen molar-refractivity contribution in [3.05, 3.63) is 46.5 Å². The molecule has 10 nitrogen and oxygen atoms in total. The van der Waals surface area contributed by atoms with Gasteiger partial charge in [0.25, 0.3) is 5.91 Å². The lowest BCUT2D eigenvalue weighted by Gasteiger charge is -2.44. The zero-order valence-electron chi connectivity index (χ0n) is 24.5. The van der Waals surface area contributed by atoms with E-state index in [2.05, 4.69) is 0 Å². The second kappa shape index (κ2) is 11.6. The van der Waals surface area contributed by atoms with Crippen molar-refractivity contribution >= 4 is 35.1 Å². The van der Waals surface area contributed by atoms with Gasteiger partial charge in [-0.15, -0.1) is 0 Å². The van der Waals surface area contributed by atoms with Crippen molar-refractivity contribution in [3.63, 3.8) is 0 Å². The molecule has 2 aromatic rings. The molecule has 226 valence electrons. The van der Waals surface area contributed by atoms with E-state index < -0.39 is 24.1 Å². The van der Waals surface area contributed by atoms with E-state index in [1.165, 1.54) is 7.11 Å². The van der Waals surface area contributed by atoms with Crippen molar-refractivity contribution in [2.75, 3.05) is 38.8 Å². The molecular weight excluding hydrogens is 564 g/mol. The Balaban J connectivity index is 1.61. The second-order valence-corrected chi connectivity index (χ2v) is 12.5. The van der Waals surface area contributed by atoms with E-state index >= 15 is 0 Å². The molecule has 3 aliphatic heterocycles. The maximum atomic E-state index is 14.5. The Morgan fingerprint density at radius 2 is 1.81 bits per heavy atom. The summed E-state index contributed by atoms with van der Waals surface area (Å²) in [5, 5.41) is 9.79. The second-order valence-electron chi connectivity index (χ2n) is 12.0. The number of anilines is 1. The van der Waals surface area contributed by atoms with E-state index in [1.807, 2.05) is 32.9 Å². The number of nitrogens with zero attached hydrogens (tertiary/aromatic N) is 2. The van der Waals surface area contributed by atoms with Crippen LogP contribution in [0.5, 0.6) is 17.2 Å². The van der Waals surface area contributed by atoms with Crippen LogP contribution in [0.3, 0.4) is 0 Å². The van der Waals surface area contributed by atoms with Crippen molar-refractivity contribution in [2.24, 2.45) is 11.3 Å². The summed E-state index contributed by atoms with van der Waals surface area (Å²) in [7, 11) is 3.07. The molecule has 3 atom stereocenters. The number of carboxylic acids is 1. The SMILES string of the molecule is COc1cccc([C@H]2O[C@H](CC(=O)N3CCC(C(=O)O)CC3)C(=O)N3c4c(cc(Cl)cc42)OC[C@@H]3C(C)(C)C)c1OC. The molecule has 2 amide bonds. The number of para-hydroxylation sites is 1. The number of methoxy groups -OCH3 is 2. The average molecular weight is 601 g/mol. The molecule has 1 saturated heterocycles. The van der Waals surface area contributed by atoms with Gasteiger partial charge in [-0.25, -0.2) is 0 Å². The molecule has 0 radical (unpaired) electrons. The van der Waals surface area contributed by atoms with E-state index in [0.717, 1.165) is 0 Å². The number of ether oxygens (including phenoxy) is 4. The predicted octanol–water partition coefficient (Wildman–Crippen LogP) is 4.70. The topological polar surface area (TPSA) is 115 Å². The molecular formula is C31H37ClN2O8. The molecule has 2 aromatic carbocycles. The molecule has 1 N–H and O–H groups in total. The lowest BCUT2D eigenvalue weighted by Crippen LogP contribution is -2.56. The lowest BCUT2D eigenvalue weighted by molar-refractivity contribution is -0.148. The molecule has 42 heavy (non-hydrogen) atoms. The summed E-state index contributed by atoms with van der Waals surface area (Å²) in [6.45, 7) is 6.98. The first-order valence-corrected chi connectivity index (χ1v) is 14.5. The summed E-state index contributed by atoms with van der Waals surface area (Å²) in [6, 6.07) is 8.51. The molecule has 0 aliphatic carbocycles. The van der Waals surface area contributed by atoms with Crippen molar-refractivity contribution < 1.29 is 38.4 Å². The first-order valence-electron chi connectivity index (χ1n) is 14.1. The van der Waals surface area contributed by atoms with Gasteiger partial charge in [-0.3, -0.25) is 19.3 Å². The number of amides is 2. The van der Waals surface area contributed by atoms with Crippen molar-refractivity contribution in [1.29, 1.82) is 0 Å². The number of hydrogen-bond acceptors (Lipinski definition) is 7. The predicted molar refractivity (Wildman–Crippen MR) is 155 cm³/mol. The summed E-state index contributed by atoms with van der Waals surface area (Å²) in [6.07, 6.45) is -1.46. The molecule has 1 fully saturated rings. The minimum atomic E-state index is -1.14. The van der Waals surface area contributed by atoms with Gasteiger partial charge < -0.3 is 29.0 Å². The fourth-order valence-electron chi connectivity index (χ4n) is 6.07. The maximum Gasteiger partial charge on any atom is 0.306 e. The van der Waals surface area contributed by atoms with E-state index in [0.29, 0.717) is 65.0 Å². The third-order valence-electron chi connectivity index (χ3n) is 8.39. The van der Waals surface area contributed by atoms with E-state index in [9.17, 15) is 19.5 Å². The number of rotatable bonds is 6. The van der Waals surface area contributed by atoms with Crippen LogP contribution < -0.4 is 19.1 Å². The number of piperidine rings is 1. The molecule has 0 aromatic heterocycles. The van der Waals surface area contributed by atoms with Crippen LogP contribution in [0.25, 0.3) is 0 Å². The number of likely N-dealkylation sites (tertiary alicyclic amines) is 1. The van der Waals surface area contributed by atoms with Crippen LogP contribution >= 0.6 is 11.6 Å². The van der Waals surface area contributed by atoms with Crippen LogP contribution in [0.4, 0.5) is 5.69 Å². The number of aliphatic carboxylic acids is 1. The molecule has 3 aliphatic rings. The van der Waals surface area contributed by atoms with Crippen molar-refractivity contribution in [2.45, 2.75) is 58.3 Å². The minimum absolute atomic E-state index is 0.204. The van der Waals surface area contributed by atoms with E-state index in [4.69, 9.17) is 30.5 Å². The number of carbonyl (C=O) groups excluding carboxylic acids is 2. The molecule has 0 bridgehead atoms. The fraction of sp³-hybridized carbons (Fsp3) is 0.516. The monoisotopic (exact) mass is 600 g/mol. The number of hydrogen-bond donors (Lipinski definition) is 1. The standard InChI is InChI=1S/C31H37ClN2O8/c1-31(2,3)24-16-41-22-14-18(32)13-20-26(22)34(24)29(36)23(15-25(35)33-11-9-17(10-12-33)30(37)38)42-27(20)19-7-6-8-21(39-4)28(19)40-5/h6-8,13-14,17,23-24,27H,9-12,15-16H2,1-5H3,(H,37,38)/t23-,24-,27-/m1/s1. The van der Waals surface area contributed by atoms with Gasteiger partial charge >= 0.3 is 5.97 Å². The van der Waals surface area contributed by atoms with Gasteiger partial charge in [0.1, 0.15) is 24.6 Å². The highest BCUT2D eigenvalue weighted by atomic mass is 35.5. The quantitative estimate of drug-likeness (QED) is 0.507. The van der Waals surface area contributed by atoms with Crippen LogP contribution in [-0.4, -0.2) is 73.9 Å². The van der Waals surface area contributed by atoms with Crippen LogP contribution in [0.1, 0.15) is 57.3 Å². The smallest absolute Gasteiger partial charge is 0.306 e. The highest BCUT2D eigenvalue weighted by molar-refractivity contribution is 6.31. The fourth-order valence-corrected chi connectivity index (χ4v) is 6.29. The Morgan fingerprint density at radius 3 is 2.43 bits per heavy atom. The van der Waals surface area contributed by atoms with Gasteiger partial charge in [0, 0.05) is 35.3 Å². The first-order chi connectivity index (χ1) is 19.9. The Morgan fingerprint density at radius 1 is 1.10 bits per heavy atom. The van der Waals surface area contributed by atoms with Crippen molar-refractivity contribution in [3.8, 4) is 17.2 Å². The van der Waals surface area contributed by atoms with Gasteiger partial charge in [-0.2, -0.15) is 0 Å². The third kappa shape index (κ3) is 5.49. The number of carbonyl (C=O) groups is 3. The summed E-state index contributed by atoms with van der Waals surface area (Å²) in [4.78, 5) is 42.9. The zero-order valence-corrected chi connectivity index (χ0v) is 25.3. The average Bonchev–Trinajstić information content (AvgIpc) is 3.07. The highest BCUT2D eigenvalue weighted by Crippen LogP contribution is 2.51. The Bertz CT molecular complexity index is 1380. The molecule has 3 heterocycles. The Labute approximate surface area is 250 Å². The third-order valence-corrected chi connectivity index (χ3v) is 8.60. The summed E-state index contributed by atoms with van der Waals surface area (Å²) in [5.74, 6) is -0.561. The molecule has 11 heteroatoms. The van der Waals surface area contributed by atoms with Gasteiger partial charge in [-0.1, -0.05) is 44.5 Å². The van der Waals surface area contributed by atoms with Crippen LogP contribution in [-0.2, 0) is 19.1 Å². The number of benzene rings is 2. The number of halogens is 1. The lowest BCUT2D eigenvalue weighted by atomic mass is 9.84. The molecule has 0 saturated carbocycles. The van der Waals surface area contributed by atoms with Gasteiger partial charge in [-0.05, 0) is 30.4 Å². The highest BCUT2D eigenvalue weighted by Gasteiger charge is 2.48. The Hall–Kier alpha value is -3.50.